The van der Waals surface area contributed by atoms with Gasteiger partial charge in [0.15, 0.2) is 6.61 Å². The van der Waals surface area contributed by atoms with Crippen molar-refractivity contribution in [2.24, 2.45) is 0 Å². The summed E-state index contributed by atoms with van der Waals surface area (Å²) in [5, 5.41) is 2.61. The molecule has 0 amide bonds. The number of benzene rings is 1. The van der Waals surface area contributed by atoms with E-state index >= 15 is 0 Å². The van der Waals surface area contributed by atoms with Crippen molar-refractivity contribution < 1.29 is 18.7 Å². The van der Waals surface area contributed by atoms with Crippen LogP contribution in [0.5, 0.6) is 5.88 Å². The van der Waals surface area contributed by atoms with Crippen molar-refractivity contribution in [3.05, 3.63) is 41.8 Å². The Bertz CT molecular complexity index is 833. The van der Waals surface area contributed by atoms with Crippen LogP contribution in [0.25, 0.3) is 21.3 Å². The van der Waals surface area contributed by atoms with E-state index in [1.165, 1.54) is 29.8 Å². The molecule has 0 saturated heterocycles. The minimum Gasteiger partial charge on any atom is -0.465 e. The Morgan fingerprint density at radius 1 is 1.26 bits per heavy atom. The molecule has 118 valence electrons. The van der Waals surface area contributed by atoms with Gasteiger partial charge in [-0.25, -0.2) is 19.2 Å². The van der Waals surface area contributed by atoms with Gasteiger partial charge in [0, 0.05) is 10.9 Å². The van der Waals surface area contributed by atoms with Gasteiger partial charge in [0.25, 0.3) is 0 Å². The summed E-state index contributed by atoms with van der Waals surface area (Å²) in [6.45, 7) is 1.80. The van der Waals surface area contributed by atoms with Gasteiger partial charge >= 0.3 is 5.97 Å². The van der Waals surface area contributed by atoms with Crippen LogP contribution in [0.2, 0.25) is 0 Å². The summed E-state index contributed by atoms with van der Waals surface area (Å²) in [4.78, 5) is 20.5. The normalized spacial score (nSPS) is 10.7. The smallest absolute Gasteiger partial charge is 0.344 e. The van der Waals surface area contributed by atoms with Gasteiger partial charge in [-0.05, 0) is 24.6 Å². The summed E-state index contributed by atoms with van der Waals surface area (Å²) in [5.41, 5.74) is 1.66. The lowest BCUT2D eigenvalue weighted by atomic mass is 10.1. The van der Waals surface area contributed by atoms with Crippen molar-refractivity contribution in [1.29, 1.82) is 0 Å². The molecule has 0 aliphatic carbocycles. The summed E-state index contributed by atoms with van der Waals surface area (Å²) in [5.74, 6) is -0.454. The highest BCUT2D eigenvalue weighted by atomic mass is 32.1. The molecule has 2 aromatic heterocycles. The standard InChI is InChI=1S/C16H13FN2O3S/c1-2-21-13(20)7-22-15-14-12(8-23-16(14)19-9-18-15)10-3-5-11(17)6-4-10/h3-6,8-9H,2,7H2,1H3. The quantitative estimate of drug-likeness (QED) is 0.670. The maximum atomic E-state index is 13.1. The molecule has 1 aromatic carbocycles. The summed E-state index contributed by atoms with van der Waals surface area (Å²) < 4.78 is 23.4. The second-order valence-corrected chi connectivity index (χ2v) is 5.47. The average molecular weight is 332 g/mol. The van der Waals surface area contributed by atoms with Gasteiger partial charge in [0.2, 0.25) is 5.88 Å². The maximum Gasteiger partial charge on any atom is 0.344 e. The van der Waals surface area contributed by atoms with Gasteiger partial charge in [-0.3, -0.25) is 0 Å². The second kappa shape index (κ2) is 6.70. The lowest BCUT2D eigenvalue weighted by Gasteiger charge is -2.07. The minimum atomic E-state index is -0.460. The Labute approximate surface area is 135 Å². The second-order valence-electron chi connectivity index (χ2n) is 4.61. The van der Waals surface area contributed by atoms with Crippen molar-refractivity contribution in [2.75, 3.05) is 13.2 Å². The molecule has 0 N–H and O–H groups in total. The van der Waals surface area contributed by atoms with Crippen LogP contribution in [0, 0.1) is 5.82 Å². The first-order chi connectivity index (χ1) is 11.2. The highest BCUT2D eigenvalue weighted by molar-refractivity contribution is 7.17. The molecular formula is C16H13FN2O3S. The van der Waals surface area contributed by atoms with Crippen molar-refractivity contribution in [3.63, 3.8) is 0 Å². The molecule has 2 heterocycles. The zero-order chi connectivity index (χ0) is 16.2. The number of carbonyl (C=O) groups is 1. The Morgan fingerprint density at radius 2 is 2.04 bits per heavy atom. The predicted molar refractivity (Wildman–Crippen MR) is 84.9 cm³/mol. The number of halogens is 1. The van der Waals surface area contributed by atoms with Crippen molar-refractivity contribution in [3.8, 4) is 17.0 Å². The number of thiophene rings is 1. The number of esters is 1. The fourth-order valence-electron chi connectivity index (χ4n) is 2.13. The van der Waals surface area contributed by atoms with Gasteiger partial charge in [0.1, 0.15) is 17.0 Å². The van der Waals surface area contributed by atoms with E-state index in [-0.39, 0.29) is 12.4 Å². The molecule has 0 saturated carbocycles. The number of carbonyl (C=O) groups excluding carboxylic acids is 1. The first kappa shape index (κ1) is 15.4. The molecule has 0 fully saturated rings. The number of hydrogen-bond acceptors (Lipinski definition) is 6. The van der Waals surface area contributed by atoms with Gasteiger partial charge in [-0.2, -0.15) is 0 Å². The van der Waals surface area contributed by atoms with Crippen molar-refractivity contribution in [2.45, 2.75) is 6.92 Å². The van der Waals surface area contributed by atoms with Crippen molar-refractivity contribution >= 4 is 27.5 Å². The Morgan fingerprint density at radius 3 is 2.78 bits per heavy atom. The van der Waals surface area contributed by atoms with E-state index in [1.807, 2.05) is 5.38 Å². The number of hydrogen-bond donors (Lipinski definition) is 0. The number of aromatic nitrogens is 2. The first-order valence-electron chi connectivity index (χ1n) is 6.95. The van der Waals surface area contributed by atoms with E-state index in [0.29, 0.717) is 17.9 Å². The maximum absolute atomic E-state index is 13.1. The lowest BCUT2D eigenvalue weighted by molar-refractivity contribution is -0.145. The third-order valence-corrected chi connectivity index (χ3v) is 4.01. The van der Waals surface area contributed by atoms with Crippen LogP contribution in [0.15, 0.2) is 36.0 Å². The molecule has 3 rings (SSSR count). The van der Waals surface area contributed by atoms with Crippen LogP contribution >= 0.6 is 11.3 Å². The highest BCUT2D eigenvalue weighted by Gasteiger charge is 2.15. The van der Waals surface area contributed by atoms with E-state index < -0.39 is 5.97 Å². The van der Waals surface area contributed by atoms with Crippen LogP contribution in [-0.2, 0) is 9.53 Å². The molecule has 5 nitrogen and oxygen atoms in total. The summed E-state index contributed by atoms with van der Waals surface area (Å²) in [7, 11) is 0. The van der Waals surface area contributed by atoms with Crippen LogP contribution in [0.4, 0.5) is 4.39 Å². The van der Waals surface area contributed by atoms with E-state index in [0.717, 1.165) is 16.0 Å². The molecule has 0 unspecified atom stereocenters. The monoisotopic (exact) mass is 332 g/mol. The van der Waals surface area contributed by atoms with E-state index in [2.05, 4.69) is 9.97 Å². The van der Waals surface area contributed by atoms with E-state index in [4.69, 9.17) is 9.47 Å². The highest BCUT2D eigenvalue weighted by Crippen LogP contribution is 2.37. The molecule has 23 heavy (non-hydrogen) atoms. The Hall–Kier alpha value is -2.54. The third kappa shape index (κ3) is 3.29. The molecular weight excluding hydrogens is 319 g/mol. The number of nitrogens with zero attached hydrogens (tertiary/aromatic N) is 2. The molecule has 3 aromatic rings. The zero-order valence-corrected chi connectivity index (χ0v) is 13.1. The van der Waals surface area contributed by atoms with E-state index in [9.17, 15) is 9.18 Å². The molecule has 0 spiro atoms. The molecule has 0 atom stereocenters. The van der Waals surface area contributed by atoms with Crippen LogP contribution in [-0.4, -0.2) is 29.2 Å². The fourth-order valence-corrected chi connectivity index (χ4v) is 3.04. The first-order valence-corrected chi connectivity index (χ1v) is 7.83. The predicted octanol–water partition coefficient (Wildman–Crippen LogP) is 3.44. The van der Waals surface area contributed by atoms with Crippen LogP contribution in [0.3, 0.4) is 0 Å². The molecule has 0 bridgehead atoms. The molecule has 0 radical (unpaired) electrons. The third-order valence-electron chi connectivity index (χ3n) is 3.12. The lowest BCUT2D eigenvalue weighted by Crippen LogP contribution is -2.15. The number of ether oxygens (including phenoxy) is 2. The summed E-state index contributed by atoms with van der Waals surface area (Å²) in [6, 6.07) is 6.14. The topological polar surface area (TPSA) is 61.3 Å². The average Bonchev–Trinajstić information content (AvgIpc) is 2.98. The minimum absolute atomic E-state index is 0.224. The van der Waals surface area contributed by atoms with Crippen LogP contribution < -0.4 is 4.74 Å². The SMILES string of the molecule is CCOC(=O)COc1ncnc2scc(-c3ccc(F)cc3)c12. The van der Waals surface area contributed by atoms with Gasteiger partial charge in [-0.1, -0.05) is 12.1 Å². The van der Waals surface area contributed by atoms with Gasteiger partial charge in [-0.15, -0.1) is 11.3 Å². The van der Waals surface area contributed by atoms with Gasteiger partial charge in [0.05, 0.1) is 12.0 Å². The zero-order valence-electron chi connectivity index (χ0n) is 12.3. The number of rotatable bonds is 5. The number of fused-ring (bicyclic) bond motifs is 1. The molecule has 7 heteroatoms. The Balaban J connectivity index is 1.97. The van der Waals surface area contributed by atoms with Crippen molar-refractivity contribution in [1.82, 2.24) is 9.97 Å². The molecule has 0 aliphatic heterocycles. The van der Waals surface area contributed by atoms with Crippen LogP contribution in [0.1, 0.15) is 6.92 Å². The summed E-state index contributed by atoms with van der Waals surface area (Å²) in [6.07, 6.45) is 1.38. The van der Waals surface area contributed by atoms with Gasteiger partial charge < -0.3 is 9.47 Å². The van der Waals surface area contributed by atoms with E-state index in [1.54, 1.807) is 19.1 Å². The summed E-state index contributed by atoms with van der Waals surface area (Å²) >= 11 is 1.43. The fraction of sp³-hybridized carbons (Fsp3) is 0.188. The Kier molecular flexibility index (Phi) is 4.47. The largest absolute Gasteiger partial charge is 0.465 e. The molecule has 0 aliphatic rings.